The van der Waals surface area contributed by atoms with E-state index in [1.165, 1.54) is 17.3 Å². The molecule has 3 aromatic rings. The van der Waals surface area contributed by atoms with Gasteiger partial charge >= 0.3 is 6.03 Å². The number of benzene rings is 1. The van der Waals surface area contributed by atoms with Crippen molar-refractivity contribution in [2.24, 2.45) is 0 Å². The number of rotatable bonds is 4. The first-order valence-electron chi connectivity index (χ1n) is 7.16. The van der Waals surface area contributed by atoms with Crippen LogP contribution >= 0.6 is 0 Å². The fourth-order valence-electron chi connectivity index (χ4n) is 2.17. The molecule has 0 saturated carbocycles. The Morgan fingerprint density at radius 2 is 2.05 bits per heavy atom. The van der Waals surface area contributed by atoms with Gasteiger partial charge in [0.15, 0.2) is 5.82 Å². The second-order valence-corrected chi connectivity index (χ2v) is 4.89. The quantitative estimate of drug-likeness (QED) is 0.735. The molecule has 112 valence electrons. The number of nitrogens with zero attached hydrogens (tertiary/aromatic N) is 6. The normalized spacial score (nSPS) is 10.8. The van der Waals surface area contributed by atoms with Crippen LogP contribution in [0.4, 0.5) is 4.79 Å². The van der Waals surface area contributed by atoms with Gasteiger partial charge in [-0.3, -0.25) is 0 Å². The summed E-state index contributed by atoms with van der Waals surface area (Å²) in [7, 11) is 0. The lowest BCUT2D eigenvalue weighted by atomic mass is 10.1. The van der Waals surface area contributed by atoms with Crippen LogP contribution in [0.5, 0.6) is 0 Å². The van der Waals surface area contributed by atoms with E-state index in [1.807, 2.05) is 30.3 Å². The van der Waals surface area contributed by atoms with E-state index >= 15 is 0 Å². The zero-order valence-corrected chi connectivity index (χ0v) is 12.3. The van der Waals surface area contributed by atoms with Crippen LogP contribution in [0, 0.1) is 0 Å². The molecule has 0 saturated heterocycles. The van der Waals surface area contributed by atoms with Gasteiger partial charge in [0.1, 0.15) is 18.5 Å². The van der Waals surface area contributed by atoms with Gasteiger partial charge in [-0.2, -0.15) is 14.5 Å². The molecule has 0 N–H and O–H groups in total. The molecular weight excluding hydrogens is 280 g/mol. The molecule has 0 radical (unpaired) electrons. The van der Waals surface area contributed by atoms with Crippen LogP contribution in [0.15, 0.2) is 43.0 Å². The molecule has 0 unspecified atom stereocenters. The van der Waals surface area contributed by atoms with Crippen LogP contribution in [0.25, 0.3) is 0 Å². The molecule has 0 fully saturated rings. The number of hydrogen-bond acceptors (Lipinski definition) is 5. The maximum Gasteiger partial charge on any atom is 0.372 e. The Morgan fingerprint density at radius 3 is 2.73 bits per heavy atom. The largest absolute Gasteiger partial charge is 0.372 e. The average molecular weight is 296 g/mol. The summed E-state index contributed by atoms with van der Waals surface area (Å²) in [6.45, 7) is 2.05. The van der Waals surface area contributed by atoms with Crippen molar-refractivity contribution in [3.05, 3.63) is 60.2 Å². The summed E-state index contributed by atoms with van der Waals surface area (Å²) in [5.41, 5.74) is 1.07. The number of aryl methyl sites for hydroxylation is 1. The highest BCUT2D eigenvalue weighted by atomic mass is 16.2. The van der Waals surface area contributed by atoms with Crippen LogP contribution in [0.1, 0.15) is 30.6 Å². The first-order chi connectivity index (χ1) is 10.8. The first kappa shape index (κ1) is 14.1. The lowest BCUT2D eigenvalue weighted by Crippen LogP contribution is -2.23. The summed E-state index contributed by atoms with van der Waals surface area (Å²) in [5.74, 6) is 1.28. The Bertz CT molecular complexity index is 748. The van der Waals surface area contributed by atoms with Crippen molar-refractivity contribution in [1.29, 1.82) is 0 Å². The van der Waals surface area contributed by atoms with Gasteiger partial charge < -0.3 is 0 Å². The van der Waals surface area contributed by atoms with Crippen molar-refractivity contribution in [3.63, 3.8) is 0 Å². The molecule has 0 aliphatic carbocycles. The lowest BCUT2D eigenvalue weighted by molar-refractivity contribution is 0.237. The topological polar surface area (TPSA) is 78.5 Å². The minimum absolute atomic E-state index is 0.377. The summed E-state index contributed by atoms with van der Waals surface area (Å²) in [4.78, 5) is 20.7. The molecule has 3 rings (SSSR count). The van der Waals surface area contributed by atoms with Gasteiger partial charge in [-0.15, -0.1) is 5.10 Å². The Labute approximate surface area is 127 Å². The highest BCUT2D eigenvalue weighted by Gasteiger charge is 2.18. The van der Waals surface area contributed by atoms with Crippen molar-refractivity contribution in [2.75, 3.05) is 0 Å². The number of carbonyl (C=O) groups excluding carboxylic acids is 1. The molecule has 0 aliphatic rings. The van der Waals surface area contributed by atoms with E-state index in [9.17, 15) is 4.79 Å². The molecule has 0 aliphatic heterocycles. The summed E-state index contributed by atoms with van der Waals surface area (Å²) < 4.78 is 2.46. The maximum absolute atomic E-state index is 12.5. The van der Waals surface area contributed by atoms with Crippen molar-refractivity contribution in [2.45, 2.75) is 26.2 Å². The van der Waals surface area contributed by atoms with Gasteiger partial charge in [0.25, 0.3) is 0 Å². The summed E-state index contributed by atoms with van der Waals surface area (Å²) >= 11 is 0. The molecule has 7 nitrogen and oxygen atoms in total. The monoisotopic (exact) mass is 296 g/mol. The SMILES string of the molecule is CCCc1nc(Cc2ccccc2)n(C(=O)n2cncn2)n1. The first-order valence-corrected chi connectivity index (χ1v) is 7.16. The predicted octanol–water partition coefficient (Wildman–Crippen LogP) is 1.93. The Morgan fingerprint density at radius 1 is 1.23 bits per heavy atom. The molecule has 2 aromatic heterocycles. The van der Waals surface area contributed by atoms with Gasteiger partial charge in [-0.1, -0.05) is 37.3 Å². The fraction of sp³-hybridized carbons (Fsp3) is 0.267. The number of carbonyl (C=O) groups is 1. The molecular formula is C15H16N6O. The summed E-state index contributed by atoms with van der Waals surface area (Å²) in [6.07, 6.45) is 4.87. The predicted molar refractivity (Wildman–Crippen MR) is 79.5 cm³/mol. The van der Waals surface area contributed by atoms with Crippen molar-refractivity contribution < 1.29 is 4.79 Å². The molecule has 0 atom stereocenters. The molecule has 7 heteroatoms. The van der Waals surface area contributed by atoms with Crippen LogP contribution in [-0.4, -0.2) is 35.6 Å². The Hall–Kier alpha value is -2.83. The second-order valence-electron chi connectivity index (χ2n) is 4.89. The second kappa shape index (κ2) is 6.30. The van der Waals surface area contributed by atoms with E-state index in [0.717, 1.165) is 23.1 Å². The zero-order chi connectivity index (χ0) is 15.4. The number of aromatic nitrogens is 6. The molecule has 22 heavy (non-hydrogen) atoms. The van der Waals surface area contributed by atoms with Crippen molar-refractivity contribution >= 4 is 6.03 Å². The third kappa shape index (κ3) is 2.93. The summed E-state index contributed by atoms with van der Waals surface area (Å²) in [5, 5.41) is 8.18. The lowest BCUT2D eigenvalue weighted by Gasteiger charge is -2.04. The van der Waals surface area contributed by atoms with Gasteiger partial charge in [0.2, 0.25) is 0 Å². The van der Waals surface area contributed by atoms with Crippen molar-refractivity contribution in [3.8, 4) is 0 Å². The van der Waals surface area contributed by atoms with Gasteiger partial charge in [-0.25, -0.2) is 14.8 Å². The van der Waals surface area contributed by atoms with Crippen LogP contribution < -0.4 is 0 Å². The zero-order valence-electron chi connectivity index (χ0n) is 12.3. The van der Waals surface area contributed by atoms with Crippen LogP contribution in [0.3, 0.4) is 0 Å². The van der Waals surface area contributed by atoms with E-state index in [2.05, 4.69) is 27.1 Å². The molecule has 0 amide bonds. The Kier molecular flexibility index (Phi) is 4.04. The van der Waals surface area contributed by atoms with E-state index in [4.69, 9.17) is 0 Å². The molecule has 0 spiro atoms. The highest BCUT2D eigenvalue weighted by molar-refractivity contribution is 5.77. The summed E-state index contributed by atoms with van der Waals surface area (Å²) in [6, 6.07) is 9.50. The van der Waals surface area contributed by atoms with Crippen molar-refractivity contribution in [1.82, 2.24) is 29.5 Å². The van der Waals surface area contributed by atoms with Gasteiger partial charge in [0, 0.05) is 12.8 Å². The third-order valence-corrected chi connectivity index (χ3v) is 3.19. The smallest absolute Gasteiger partial charge is 0.243 e. The minimum atomic E-state index is -0.377. The van der Waals surface area contributed by atoms with Gasteiger partial charge in [-0.05, 0) is 12.0 Å². The fourth-order valence-corrected chi connectivity index (χ4v) is 2.17. The van der Waals surface area contributed by atoms with E-state index in [0.29, 0.717) is 18.1 Å². The third-order valence-electron chi connectivity index (χ3n) is 3.19. The standard InChI is InChI=1S/C15H16N6O/c1-2-6-13-18-14(9-12-7-4-3-5-8-12)21(19-13)15(22)20-11-16-10-17-20/h3-5,7-8,10-11H,2,6,9H2,1H3. The van der Waals surface area contributed by atoms with Crippen LogP contribution in [-0.2, 0) is 12.8 Å². The van der Waals surface area contributed by atoms with Crippen LogP contribution in [0.2, 0.25) is 0 Å². The van der Waals surface area contributed by atoms with E-state index in [-0.39, 0.29) is 6.03 Å². The highest BCUT2D eigenvalue weighted by Crippen LogP contribution is 2.09. The maximum atomic E-state index is 12.5. The average Bonchev–Trinajstić information content (AvgIpc) is 3.18. The molecule has 2 heterocycles. The molecule has 1 aromatic carbocycles. The van der Waals surface area contributed by atoms with Gasteiger partial charge in [0.05, 0.1) is 0 Å². The van der Waals surface area contributed by atoms with E-state index in [1.54, 1.807) is 0 Å². The molecule has 0 bridgehead atoms. The Balaban J connectivity index is 1.95. The minimum Gasteiger partial charge on any atom is -0.243 e. The van der Waals surface area contributed by atoms with E-state index < -0.39 is 0 Å². The number of hydrogen-bond donors (Lipinski definition) is 0.